The number of rotatable bonds is 8. The van der Waals surface area contributed by atoms with Crippen LogP contribution >= 0.6 is 11.6 Å². The highest BCUT2D eigenvalue weighted by atomic mass is 35.5. The Kier molecular flexibility index (Phi) is 7.81. The van der Waals surface area contributed by atoms with E-state index in [0.29, 0.717) is 29.7 Å². The molecule has 2 aromatic rings. The standard InChI is InChI=1S/C21H27ClN2O4/c1-6-28-20-17(22)10-15(11-19(20)27-5)12-23-21(25)24-14(3)16-9-13(2)7-8-18(16)26-4/h7-11,14H,6,12H2,1-5H3,(H2,23,24,25). The fourth-order valence-corrected chi connectivity index (χ4v) is 3.15. The van der Waals surface area contributed by atoms with Crippen LogP contribution in [-0.4, -0.2) is 26.9 Å². The van der Waals surface area contributed by atoms with Crippen molar-refractivity contribution in [1.82, 2.24) is 10.6 Å². The summed E-state index contributed by atoms with van der Waals surface area (Å²) in [7, 11) is 3.17. The third-order valence-electron chi connectivity index (χ3n) is 4.23. The molecule has 28 heavy (non-hydrogen) atoms. The lowest BCUT2D eigenvalue weighted by Gasteiger charge is -2.19. The molecule has 2 aromatic carbocycles. The molecule has 0 aromatic heterocycles. The average molecular weight is 407 g/mol. The number of halogens is 1. The van der Waals surface area contributed by atoms with Crippen molar-refractivity contribution in [3.63, 3.8) is 0 Å². The van der Waals surface area contributed by atoms with E-state index in [1.165, 1.54) is 0 Å². The first-order valence-electron chi connectivity index (χ1n) is 9.07. The van der Waals surface area contributed by atoms with Gasteiger partial charge in [-0.1, -0.05) is 29.3 Å². The van der Waals surface area contributed by atoms with Crippen LogP contribution in [0.3, 0.4) is 0 Å². The molecule has 0 bridgehead atoms. The monoisotopic (exact) mass is 406 g/mol. The molecule has 7 heteroatoms. The molecule has 2 rings (SSSR count). The van der Waals surface area contributed by atoms with E-state index in [1.807, 2.05) is 39.0 Å². The third kappa shape index (κ3) is 5.45. The van der Waals surface area contributed by atoms with Crippen molar-refractivity contribution in [3.05, 3.63) is 52.0 Å². The second-order valence-electron chi connectivity index (χ2n) is 6.34. The summed E-state index contributed by atoms with van der Waals surface area (Å²) in [4.78, 5) is 12.3. The maximum Gasteiger partial charge on any atom is 0.315 e. The van der Waals surface area contributed by atoms with Crippen molar-refractivity contribution in [3.8, 4) is 17.2 Å². The maximum atomic E-state index is 12.3. The van der Waals surface area contributed by atoms with Crippen molar-refractivity contribution in [1.29, 1.82) is 0 Å². The molecule has 0 aliphatic carbocycles. The number of hydrogen-bond donors (Lipinski definition) is 2. The highest BCUT2D eigenvalue weighted by Crippen LogP contribution is 2.36. The Morgan fingerprint density at radius 1 is 1.14 bits per heavy atom. The first-order chi connectivity index (χ1) is 13.4. The average Bonchev–Trinajstić information content (AvgIpc) is 2.68. The van der Waals surface area contributed by atoms with Gasteiger partial charge in [-0.3, -0.25) is 0 Å². The quantitative estimate of drug-likeness (QED) is 0.670. The second-order valence-corrected chi connectivity index (χ2v) is 6.74. The van der Waals surface area contributed by atoms with E-state index in [-0.39, 0.29) is 12.1 Å². The van der Waals surface area contributed by atoms with Crippen molar-refractivity contribution in [2.45, 2.75) is 33.4 Å². The summed E-state index contributed by atoms with van der Waals surface area (Å²) in [6.07, 6.45) is 0. The lowest BCUT2D eigenvalue weighted by molar-refractivity contribution is 0.237. The smallest absolute Gasteiger partial charge is 0.315 e. The zero-order valence-corrected chi connectivity index (χ0v) is 17.6. The van der Waals surface area contributed by atoms with Crippen LogP contribution in [0.15, 0.2) is 30.3 Å². The van der Waals surface area contributed by atoms with E-state index in [4.69, 9.17) is 25.8 Å². The number of urea groups is 1. The Bertz CT molecular complexity index is 826. The van der Waals surface area contributed by atoms with Gasteiger partial charge >= 0.3 is 6.03 Å². The van der Waals surface area contributed by atoms with Gasteiger partial charge in [-0.05, 0) is 44.5 Å². The van der Waals surface area contributed by atoms with Crippen molar-refractivity contribution in [2.24, 2.45) is 0 Å². The Balaban J connectivity index is 2.03. The molecule has 152 valence electrons. The number of ether oxygens (including phenoxy) is 3. The molecule has 2 amide bonds. The molecule has 6 nitrogen and oxygen atoms in total. The molecule has 1 atom stereocenters. The van der Waals surface area contributed by atoms with Crippen molar-refractivity contribution >= 4 is 17.6 Å². The Morgan fingerprint density at radius 2 is 1.86 bits per heavy atom. The van der Waals surface area contributed by atoms with E-state index in [9.17, 15) is 4.79 Å². The SMILES string of the molecule is CCOc1c(Cl)cc(CNC(=O)NC(C)c2cc(C)ccc2OC)cc1OC. The highest BCUT2D eigenvalue weighted by Gasteiger charge is 2.15. The zero-order valence-electron chi connectivity index (χ0n) is 16.9. The Labute approximate surface area is 171 Å². The molecule has 1 unspecified atom stereocenters. The van der Waals surface area contributed by atoms with Crippen LogP contribution in [0, 0.1) is 6.92 Å². The fraction of sp³-hybridized carbons (Fsp3) is 0.381. The van der Waals surface area contributed by atoms with E-state index in [1.54, 1.807) is 26.4 Å². The van der Waals surface area contributed by atoms with Crippen LogP contribution in [0.5, 0.6) is 17.2 Å². The first-order valence-corrected chi connectivity index (χ1v) is 9.45. The van der Waals surface area contributed by atoms with Crippen LogP contribution in [0.4, 0.5) is 4.79 Å². The number of methoxy groups -OCH3 is 2. The van der Waals surface area contributed by atoms with E-state index >= 15 is 0 Å². The molecule has 0 saturated carbocycles. The number of nitrogens with one attached hydrogen (secondary N) is 2. The van der Waals surface area contributed by atoms with E-state index in [0.717, 1.165) is 22.4 Å². The molecular formula is C21H27ClN2O4. The summed E-state index contributed by atoms with van der Waals surface area (Å²) >= 11 is 6.27. The lowest BCUT2D eigenvalue weighted by atomic mass is 10.0. The summed E-state index contributed by atoms with van der Waals surface area (Å²) < 4.78 is 16.2. The van der Waals surface area contributed by atoms with Gasteiger partial charge in [-0.2, -0.15) is 0 Å². The highest BCUT2D eigenvalue weighted by molar-refractivity contribution is 6.32. The largest absolute Gasteiger partial charge is 0.496 e. The minimum absolute atomic E-state index is 0.215. The predicted molar refractivity (Wildman–Crippen MR) is 111 cm³/mol. The van der Waals surface area contributed by atoms with Crippen molar-refractivity contribution in [2.75, 3.05) is 20.8 Å². The molecule has 2 N–H and O–H groups in total. The predicted octanol–water partition coefficient (Wildman–Crippen LogP) is 4.62. The third-order valence-corrected chi connectivity index (χ3v) is 4.51. The minimum Gasteiger partial charge on any atom is -0.496 e. The fourth-order valence-electron chi connectivity index (χ4n) is 2.86. The Morgan fingerprint density at radius 3 is 2.50 bits per heavy atom. The minimum atomic E-state index is -0.292. The molecule has 0 spiro atoms. The number of carbonyl (C=O) groups excluding carboxylic acids is 1. The van der Waals surface area contributed by atoms with Gasteiger partial charge in [0.25, 0.3) is 0 Å². The molecule has 0 aliphatic rings. The van der Waals surface area contributed by atoms with Crippen LogP contribution in [0.1, 0.15) is 36.6 Å². The number of hydrogen-bond acceptors (Lipinski definition) is 4. The van der Waals surface area contributed by atoms with Gasteiger partial charge in [0.15, 0.2) is 11.5 Å². The molecular weight excluding hydrogens is 380 g/mol. The van der Waals surface area contributed by atoms with Gasteiger partial charge in [0.2, 0.25) is 0 Å². The van der Waals surface area contributed by atoms with Crippen LogP contribution in [-0.2, 0) is 6.54 Å². The van der Waals surface area contributed by atoms with Gasteiger partial charge in [-0.15, -0.1) is 0 Å². The first kappa shape index (κ1) is 21.7. The van der Waals surface area contributed by atoms with Gasteiger partial charge in [0.1, 0.15) is 5.75 Å². The van der Waals surface area contributed by atoms with Crippen LogP contribution < -0.4 is 24.8 Å². The molecule has 0 aliphatic heterocycles. The normalized spacial score (nSPS) is 11.5. The lowest BCUT2D eigenvalue weighted by Crippen LogP contribution is -2.36. The molecule has 0 radical (unpaired) electrons. The van der Waals surface area contributed by atoms with Gasteiger partial charge in [0.05, 0.1) is 31.9 Å². The molecule has 0 saturated heterocycles. The van der Waals surface area contributed by atoms with Gasteiger partial charge in [0, 0.05) is 12.1 Å². The number of benzene rings is 2. The summed E-state index contributed by atoms with van der Waals surface area (Å²) in [6, 6.07) is 8.91. The molecule has 0 heterocycles. The summed E-state index contributed by atoms with van der Waals surface area (Å²) in [5.74, 6) is 1.77. The second kappa shape index (κ2) is 10.1. The summed E-state index contributed by atoms with van der Waals surface area (Å²) in [5.41, 5.74) is 2.82. The topological polar surface area (TPSA) is 68.8 Å². The van der Waals surface area contributed by atoms with Gasteiger partial charge in [-0.25, -0.2) is 4.79 Å². The van der Waals surface area contributed by atoms with Gasteiger partial charge < -0.3 is 24.8 Å². The number of amides is 2. The number of aryl methyl sites for hydroxylation is 1. The van der Waals surface area contributed by atoms with E-state index < -0.39 is 0 Å². The zero-order chi connectivity index (χ0) is 20.7. The van der Waals surface area contributed by atoms with E-state index in [2.05, 4.69) is 10.6 Å². The van der Waals surface area contributed by atoms with Crippen LogP contribution in [0.25, 0.3) is 0 Å². The van der Waals surface area contributed by atoms with Crippen molar-refractivity contribution < 1.29 is 19.0 Å². The summed E-state index contributed by atoms with van der Waals surface area (Å²) in [6.45, 7) is 6.56. The Hall–Kier alpha value is -2.60. The molecule has 0 fully saturated rings. The number of carbonyl (C=O) groups is 1. The summed E-state index contributed by atoms with van der Waals surface area (Å²) in [5, 5.41) is 6.20. The van der Waals surface area contributed by atoms with Crippen LogP contribution in [0.2, 0.25) is 5.02 Å². The maximum absolute atomic E-state index is 12.3.